The lowest BCUT2D eigenvalue weighted by atomic mass is 10.2. The maximum atomic E-state index is 11.7. The first-order valence-corrected chi connectivity index (χ1v) is 6.11. The maximum Gasteiger partial charge on any atom is 0.322 e. The molecule has 0 aliphatic rings. The number of carbonyl (C=O) groups is 2. The van der Waals surface area contributed by atoms with E-state index in [0.29, 0.717) is 17.1 Å². The molecular formula is C15H13NO5. The molecule has 0 aliphatic heterocycles. The van der Waals surface area contributed by atoms with E-state index >= 15 is 0 Å². The first-order valence-electron chi connectivity index (χ1n) is 6.11. The van der Waals surface area contributed by atoms with E-state index in [1.165, 1.54) is 18.2 Å². The Balaban J connectivity index is 2.08. The van der Waals surface area contributed by atoms with Crippen molar-refractivity contribution in [2.75, 3.05) is 6.54 Å². The summed E-state index contributed by atoms with van der Waals surface area (Å²) in [6.07, 6.45) is 0. The molecule has 0 radical (unpaired) electrons. The molecule has 0 heterocycles. The SMILES string of the molecule is O=C(O)CNC(=O)c1cccc(Oc2ccc(O)cc2)c1. The molecule has 2 aromatic carbocycles. The highest BCUT2D eigenvalue weighted by atomic mass is 16.5. The third-order valence-electron chi connectivity index (χ3n) is 2.57. The molecule has 6 nitrogen and oxygen atoms in total. The number of carboxylic acids is 1. The molecule has 108 valence electrons. The number of rotatable bonds is 5. The molecule has 0 aromatic heterocycles. The molecule has 6 heteroatoms. The highest BCUT2D eigenvalue weighted by Crippen LogP contribution is 2.24. The molecule has 0 saturated heterocycles. The smallest absolute Gasteiger partial charge is 0.322 e. The van der Waals surface area contributed by atoms with Crippen molar-refractivity contribution in [3.63, 3.8) is 0 Å². The molecule has 0 fully saturated rings. The van der Waals surface area contributed by atoms with E-state index in [2.05, 4.69) is 5.32 Å². The van der Waals surface area contributed by atoms with Crippen molar-refractivity contribution in [2.24, 2.45) is 0 Å². The van der Waals surface area contributed by atoms with E-state index in [1.807, 2.05) is 0 Å². The van der Waals surface area contributed by atoms with Crippen LogP contribution in [0.1, 0.15) is 10.4 Å². The highest BCUT2D eigenvalue weighted by molar-refractivity contribution is 5.96. The lowest BCUT2D eigenvalue weighted by Gasteiger charge is -2.08. The highest BCUT2D eigenvalue weighted by Gasteiger charge is 2.08. The minimum atomic E-state index is -1.11. The van der Waals surface area contributed by atoms with Crippen LogP contribution >= 0.6 is 0 Å². The number of aliphatic carboxylic acids is 1. The first-order chi connectivity index (χ1) is 10.0. The molecule has 0 aliphatic carbocycles. The number of carboxylic acid groups (broad SMARTS) is 1. The fourth-order valence-electron chi connectivity index (χ4n) is 1.61. The number of hydrogen-bond acceptors (Lipinski definition) is 4. The van der Waals surface area contributed by atoms with Gasteiger partial charge in [0.2, 0.25) is 0 Å². The van der Waals surface area contributed by atoms with Crippen LogP contribution in [-0.4, -0.2) is 28.6 Å². The van der Waals surface area contributed by atoms with Gasteiger partial charge in [0.05, 0.1) is 0 Å². The fourth-order valence-corrected chi connectivity index (χ4v) is 1.61. The van der Waals surface area contributed by atoms with Crippen molar-refractivity contribution in [1.29, 1.82) is 0 Å². The average molecular weight is 287 g/mol. The molecule has 21 heavy (non-hydrogen) atoms. The van der Waals surface area contributed by atoms with Gasteiger partial charge in [0.15, 0.2) is 0 Å². The first kappa shape index (κ1) is 14.4. The standard InChI is InChI=1S/C15H13NO5/c17-11-4-6-12(7-5-11)21-13-3-1-2-10(8-13)15(20)16-9-14(18)19/h1-8,17H,9H2,(H,16,20)(H,18,19). The Kier molecular flexibility index (Phi) is 4.40. The number of amides is 1. The Morgan fingerprint density at radius 1 is 1.05 bits per heavy atom. The third kappa shape index (κ3) is 4.24. The number of phenols is 1. The Hall–Kier alpha value is -3.02. The molecule has 3 N–H and O–H groups in total. The Morgan fingerprint density at radius 2 is 1.76 bits per heavy atom. The van der Waals surface area contributed by atoms with E-state index in [0.717, 1.165) is 0 Å². The molecule has 0 spiro atoms. The summed E-state index contributed by atoms with van der Waals surface area (Å²) in [5.41, 5.74) is 0.299. The van der Waals surface area contributed by atoms with Crippen molar-refractivity contribution in [3.8, 4) is 17.2 Å². The number of nitrogens with one attached hydrogen (secondary N) is 1. The number of carbonyl (C=O) groups excluding carboxylic acids is 1. The van der Waals surface area contributed by atoms with Crippen LogP contribution < -0.4 is 10.1 Å². The van der Waals surface area contributed by atoms with Crippen LogP contribution in [0, 0.1) is 0 Å². The van der Waals surface area contributed by atoms with Gasteiger partial charge in [-0.2, -0.15) is 0 Å². The van der Waals surface area contributed by atoms with Gasteiger partial charge in [-0.1, -0.05) is 6.07 Å². The van der Waals surface area contributed by atoms with Crippen molar-refractivity contribution >= 4 is 11.9 Å². The van der Waals surface area contributed by atoms with E-state index in [4.69, 9.17) is 9.84 Å². The van der Waals surface area contributed by atoms with Gasteiger partial charge in [-0.25, -0.2) is 0 Å². The summed E-state index contributed by atoms with van der Waals surface area (Å²) in [5.74, 6) is -0.530. The predicted molar refractivity (Wildman–Crippen MR) is 74.6 cm³/mol. The van der Waals surface area contributed by atoms with Crippen molar-refractivity contribution in [2.45, 2.75) is 0 Å². The van der Waals surface area contributed by atoms with Gasteiger partial charge in [-0.15, -0.1) is 0 Å². The normalized spacial score (nSPS) is 9.90. The van der Waals surface area contributed by atoms with Gasteiger partial charge in [-0.05, 0) is 42.5 Å². The van der Waals surface area contributed by atoms with Gasteiger partial charge in [0, 0.05) is 5.56 Å². The molecule has 2 rings (SSSR count). The molecule has 0 unspecified atom stereocenters. The Labute approximate surface area is 120 Å². The molecule has 0 saturated carbocycles. The number of ether oxygens (including phenoxy) is 1. The topological polar surface area (TPSA) is 95.9 Å². The van der Waals surface area contributed by atoms with Gasteiger partial charge >= 0.3 is 5.97 Å². The lowest BCUT2D eigenvalue weighted by molar-refractivity contribution is -0.135. The van der Waals surface area contributed by atoms with Crippen LogP contribution in [0.5, 0.6) is 17.2 Å². The molecule has 0 atom stereocenters. The maximum absolute atomic E-state index is 11.7. The number of hydrogen-bond donors (Lipinski definition) is 3. The van der Waals surface area contributed by atoms with Crippen molar-refractivity contribution in [3.05, 3.63) is 54.1 Å². The van der Waals surface area contributed by atoms with E-state index in [-0.39, 0.29) is 5.75 Å². The molecule has 2 aromatic rings. The monoisotopic (exact) mass is 287 g/mol. The zero-order valence-electron chi connectivity index (χ0n) is 10.9. The quantitative estimate of drug-likeness (QED) is 0.781. The van der Waals surface area contributed by atoms with Crippen molar-refractivity contribution < 1.29 is 24.5 Å². The van der Waals surface area contributed by atoms with Crippen LogP contribution in [0.3, 0.4) is 0 Å². The molecule has 0 bridgehead atoms. The minimum Gasteiger partial charge on any atom is -0.508 e. The predicted octanol–water partition coefficient (Wildman–Crippen LogP) is 2.00. The summed E-state index contributed by atoms with van der Waals surface area (Å²) in [5, 5.41) is 20.0. The largest absolute Gasteiger partial charge is 0.508 e. The Morgan fingerprint density at radius 3 is 2.43 bits per heavy atom. The average Bonchev–Trinajstić information content (AvgIpc) is 2.47. The minimum absolute atomic E-state index is 0.129. The van der Waals surface area contributed by atoms with Gasteiger partial charge in [0.25, 0.3) is 5.91 Å². The molecular weight excluding hydrogens is 274 g/mol. The van der Waals surface area contributed by atoms with E-state index < -0.39 is 18.4 Å². The molecule has 1 amide bonds. The third-order valence-corrected chi connectivity index (χ3v) is 2.57. The second kappa shape index (κ2) is 6.42. The summed E-state index contributed by atoms with van der Waals surface area (Å²) in [4.78, 5) is 22.1. The summed E-state index contributed by atoms with van der Waals surface area (Å²) >= 11 is 0. The van der Waals surface area contributed by atoms with Gasteiger partial charge in [0.1, 0.15) is 23.8 Å². The summed E-state index contributed by atoms with van der Waals surface area (Å²) in [7, 11) is 0. The van der Waals surface area contributed by atoms with Crippen LogP contribution in [0.25, 0.3) is 0 Å². The summed E-state index contributed by atoms with van der Waals surface area (Å²) < 4.78 is 5.54. The van der Waals surface area contributed by atoms with Crippen LogP contribution in [-0.2, 0) is 4.79 Å². The number of benzene rings is 2. The van der Waals surface area contributed by atoms with Crippen LogP contribution in [0.15, 0.2) is 48.5 Å². The van der Waals surface area contributed by atoms with Crippen LogP contribution in [0.2, 0.25) is 0 Å². The van der Waals surface area contributed by atoms with Gasteiger partial charge < -0.3 is 20.3 Å². The Bertz CT molecular complexity index is 651. The lowest BCUT2D eigenvalue weighted by Crippen LogP contribution is -2.29. The number of aromatic hydroxyl groups is 1. The van der Waals surface area contributed by atoms with Crippen LogP contribution in [0.4, 0.5) is 0 Å². The fraction of sp³-hybridized carbons (Fsp3) is 0.0667. The summed E-state index contributed by atoms with van der Waals surface area (Å²) in [6, 6.07) is 12.5. The van der Waals surface area contributed by atoms with Crippen molar-refractivity contribution in [1.82, 2.24) is 5.32 Å². The second-order valence-corrected chi connectivity index (χ2v) is 4.20. The summed E-state index contributed by atoms with van der Waals surface area (Å²) in [6.45, 7) is -0.443. The van der Waals surface area contributed by atoms with E-state index in [1.54, 1.807) is 30.3 Å². The van der Waals surface area contributed by atoms with Gasteiger partial charge in [-0.3, -0.25) is 9.59 Å². The zero-order chi connectivity index (χ0) is 15.2. The zero-order valence-corrected chi connectivity index (χ0v) is 10.9. The van der Waals surface area contributed by atoms with E-state index in [9.17, 15) is 14.7 Å². The second-order valence-electron chi connectivity index (χ2n) is 4.20. The number of phenolic OH excluding ortho intramolecular Hbond substituents is 1.